The summed E-state index contributed by atoms with van der Waals surface area (Å²) in [6.45, 7) is 1.17. The molecule has 0 fully saturated rings. The molecule has 2 N–H and O–H groups in total. The number of rotatable bonds is 9. The number of ether oxygens (including phenoxy) is 1. The Morgan fingerprint density at radius 1 is 0.943 bits per heavy atom. The van der Waals surface area contributed by atoms with Gasteiger partial charge in [-0.1, -0.05) is 17.7 Å². The molecule has 0 aromatic heterocycles. The first kappa shape index (κ1) is 26.3. The van der Waals surface area contributed by atoms with Crippen LogP contribution in [0.5, 0.6) is 5.75 Å². The zero-order valence-corrected chi connectivity index (χ0v) is 21.5. The van der Waals surface area contributed by atoms with Crippen LogP contribution in [0.2, 0.25) is 5.02 Å². The van der Waals surface area contributed by atoms with Crippen molar-refractivity contribution in [1.82, 2.24) is 0 Å². The van der Waals surface area contributed by atoms with E-state index in [4.69, 9.17) is 16.3 Å². The minimum absolute atomic E-state index is 0.0152. The van der Waals surface area contributed by atoms with Gasteiger partial charge in [-0.3, -0.25) is 13.8 Å². The van der Waals surface area contributed by atoms with Crippen LogP contribution in [0.1, 0.15) is 5.56 Å². The lowest BCUT2D eigenvalue weighted by atomic mass is 10.2. The van der Waals surface area contributed by atoms with Crippen LogP contribution in [-0.2, 0) is 24.8 Å². The Morgan fingerprint density at radius 3 is 2.11 bits per heavy atom. The molecule has 3 aromatic rings. The summed E-state index contributed by atoms with van der Waals surface area (Å²) in [4.78, 5) is 12.6. The van der Waals surface area contributed by atoms with Gasteiger partial charge in [-0.05, 0) is 73.2 Å². The Balaban J connectivity index is 1.72. The van der Waals surface area contributed by atoms with E-state index in [1.807, 2.05) is 0 Å². The second-order valence-electron chi connectivity index (χ2n) is 7.56. The van der Waals surface area contributed by atoms with E-state index >= 15 is 0 Å². The maximum Gasteiger partial charge on any atom is 0.261 e. The molecule has 35 heavy (non-hydrogen) atoms. The second kappa shape index (κ2) is 10.5. The Hall–Kier alpha value is -3.28. The fourth-order valence-corrected chi connectivity index (χ4v) is 5.30. The van der Waals surface area contributed by atoms with Gasteiger partial charge in [0.1, 0.15) is 12.3 Å². The fourth-order valence-electron chi connectivity index (χ4n) is 3.17. The lowest BCUT2D eigenvalue weighted by Gasteiger charge is -2.24. The SMILES string of the molecule is COc1ccc(NS(=O)(=O)c2ccc(NC(=O)CN(c3cccc(Cl)c3C)S(C)(=O)=O)cc2)cc1. The van der Waals surface area contributed by atoms with E-state index < -0.39 is 32.5 Å². The highest BCUT2D eigenvalue weighted by Gasteiger charge is 2.23. The van der Waals surface area contributed by atoms with E-state index in [1.165, 1.54) is 31.4 Å². The lowest BCUT2D eigenvalue weighted by molar-refractivity contribution is -0.114. The van der Waals surface area contributed by atoms with Crippen LogP contribution in [-0.4, -0.2) is 42.7 Å². The number of methoxy groups -OCH3 is 1. The predicted octanol–water partition coefficient (Wildman–Crippen LogP) is 3.86. The summed E-state index contributed by atoms with van der Waals surface area (Å²) in [5.74, 6) is -0.0187. The van der Waals surface area contributed by atoms with Crippen LogP contribution in [0.3, 0.4) is 0 Å². The van der Waals surface area contributed by atoms with Crippen LogP contribution in [0, 0.1) is 6.92 Å². The van der Waals surface area contributed by atoms with E-state index in [0.29, 0.717) is 33.4 Å². The van der Waals surface area contributed by atoms with Crippen LogP contribution in [0.15, 0.2) is 71.6 Å². The molecule has 0 bridgehead atoms. The molecule has 0 aliphatic rings. The van der Waals surface area contributed by atoms with E-state index in [2.05, 4.69) is 10.0 Å². The first-order valence-corrected chi connectivity index (χ1v) is 13.9. The van der Waals surface area contributed by atoms with Gasteiger partial charge in [0.2, 0.25) is 15.9 Å². The van der Waals surface area contributed by atoms with Crippen molar-refractivity contribution < 1.29 is 26.4 Å². The van der Waals surface area contributed by atoms with E-state index in [0.717, 1.165) is 10.6 Å². The number of anilines is 3. The van der Waals surface area contributed by atoms with Gasteiger partial charge >= 0.3 is 0 Å². The molecule has 0 saturated heterocycles. The molecule has 0 saturated carbocycles. The number of hydrogen-bond acceptors (Lipinski definition) is 6. The maximum atomic E-state index is 12.6. The quantitative estimate of drug-likeness (QED) is 0.427. The molecule has 3 aromatic carbocycles. The molecule has 3 rings (SSSR count). The summed E-state index contributed by atoms with van der Waals surface area (Å²) < 4.78 is 58.5. The molecule has 0 aliphatic heterocycles. The average molecular weight is 538 g/mol. The minimum atomic E-state index is -3.86. The molecule has 0 atom stereocenters. The zero-order valence-electron chi connectivity index (χ0n) is 19.1. The van der Waals surface area contributed by atoms with Crippen LogP contribution < -0.4 is 19.1 Å². The topological polar surface area (TPSA) is 122 Å². The van der Waals surface area contributed by atoms with Crippen molar-refractivity contribution in [2.45, 2.75) is 11.8 Å². The van der Waals surface area contributed by atoms with Crippen molar-refractivity contribution >= 4 is 54.6 Å². The molecule has 186 valence electrons. The van der Waals surface area contributed by atoms with Crippen molar-refractivity contribution in [1.29, 1.82) is 0 Å². The molecule has 0 unspecified atom stereocenters. The first-order valence-electron chi connectivity index (χ1n) is 10.2. The Bertz CT molecular complexity index is 1430. The van der Waals surface area contributed by atoms with Gasteiger partial charge in [0.25, 0.3) is 10.0 Å². The van der Waals surface area contributed by atoms with Gasteiger partial charge in [0.15, 0.2) is 0 Å². The van der Waals surface area contributed by atoms with Gasteiger partial charge in [-0.15, -0.1) is 0 Å². The number of nitrogens with one attached hydrogen (secondary N) is 2. The van der Waals surface area contributed by atoms with Crippen molar-refractivity contribution in [3.05, 3.63) is 77.3 Å². The van der Waals surface area contributed by atoms with Crippen molar-refractivity contribution in [3.63, 3.8) is 0 Å². The van der Waals surface area contributed by atoms with Gasteiger partial charge in [0, 0.05) is 16.4 Å². The number of amides is 1. The molecule has 0 spiro atoms. The van der Waals surface area contributed by atoms with Crippen molar-refractivity contribution in [2.24, 2.45) is 0 Å². The van der Waals surface area contributed by atoms with Crippen molar-refractivity contribution in [2.75, 3.05) is 34.3 Å². The number of hydrogen-bond donors (Lipinski definition) is 2. The molecule has 0 heterocycles. The average Bonchev–Trinajstić information content (AvgIpc) is 2.79. The zero-order chi connectivity index (χ0) is 25.8. The number of sulfonamides is 2. The Kier molecular flexibility index (Phi) is 7.93. The van der Waals surface area contributed by atoms with Gasteiger partial charge in [0.05, 0.1) is 23.9 Å². The highest BCUT2D eigenvalue weighted by molar-refractivity contribution is 7.92. The summed E-state index contributed by atoms with van der Waals surface area (Å²) in [7, 11) is -6.14. The third kappa shape index (κ3) is 6.65. The highest BCUT2D eigenvalue weighted by atomic mass is 35.5. The smallest absolute Gasteiger partial charge is 0.261 e. The molecular formula is C23H24ClN3O6S2. The second-order valence-corrected chi connectivity index (χ2v) is 11.6. The number of halogens is 1. The number of benzene rings is 3. The number of nitrogens with zero attached hydrogens (tertiary/aromatic N) is 1. The van der Waals surface area contributed by atoms with Crippen LogP contribution >= 0.6 is 11.6 Å². The maximum absolute atomic E-state index is 12.6. The van der Waals surface area contributed by atoms with Gasteiger partial charge in [-0.2, -0.15) is 0 Å². The van der Waals surface area contributed by atoms with Crippen LogP contribution in [0.4, 0.5) is 17.1 Å². The third-order valence-corrected chi connectivity index (χ3v) is 7.92. The Labute approximate surface area is 209 Å². The standard InChI is InChI=1S/C23H24ClN3O6S2/c1-16-21(24)5-4-6-22(16)27(34(3,29)30)15-23(28)25-17-9-13-20(14-10-17)35(31,32)26-18-7-11-19(33-2)12-8-18/h4-14,26H,15H2,1-3H3,(H,25,28). The summed E-state index contributed by atoms with van der Waals surface area (Å²) in [6.07, 6.45) is 0.996. The first-order chi connectivity index (χ1) is 16.4. The molecule has 12 heteroatoms. The third-order valence-electron chi connectivity index (χ3n) is 4.99. The largest absolute Gasteiger partial charge is 0.497 e. The number of carbonyl (C=O) groups is 1. The summed E-state index contributed by atoms with van der Waals surface area (Å²) in [6, 6.07) is 16.7. The highest BCUT2D eigenvalue weighted by Crippen LogP contribution is 2.28. The molecule has 1 amide bonds. The molecule has 0 radical (unpaired) electrons. The van der Waals surface area contributed by atoms with Crippen molar-refractivity contribution in [3.8, 4) is 5.75 Å². The van der Waals surface area contributed by atoms with E-state index in [1.54, 1.807) is 49.4 Å². The van der Waals surface area contributed by atoms with Gasteiger partial charge in [-0.25, -0.2) is 16.8 Å². The number of carbonyl (C=O) groups excluding carboxylic acids is 1. The molecular weight excluding hydrogens is 514 g/mol. The molecule has 0 aliphatic carbocycles. The predicted molar refractivity (Wildman–Crippen MR) is 137 cm³/mol. The normalized spacial score (nSPS) is 11.5. The minimum Gasteiger partial charge on any atom is -0.497 e. The van der Waals surface area contributed by atoms with Crippen LogP contribution in [0.25, 0.3) is 0 Å². The van der Waals surface area contributed by atoms with E-state index in [9.17, 15) is 21.6 Å². The molecule has 9 nitrogen and oxygen atoms in total. The summed E-state index contributed by atoms with van der Waals surface area (Å²) in [5.41, 5.74) is 1.47. The van der Waals surface area contributed by atoms with Gasteiger partial charge < -0.3 is 10.1 Å². The fraction of sp³-hybridized carbons (Fsp3) is 0.174. The summed E-state index contributed by atoms with van der Waals surface area (Å²) >= 11 is 6.11. The monoisotopic (exact) mass is 537 g/mol. The summed E-state index contributed by atoms with van der Waals surface area (Å²) in [5, 5.41) is 2.95. The lowest BCUT2D eigenvalue weighted by Crippen LogP contribution is -2.37. The Morgan fingerprint density at radius 2 is 1.54 bits per heavy atom. The van der Waals surface area contributed by atoms with E-state index in [-0.39, 0.29) is 4.90 Å².